The molecule has 0 amide bonds. The maximum absolute atomic E-state index is 12.5. The molecule has 0 saturated carbocycles. The number of likely N-dealkylation sites (N-methyl/N-ethyl adjacent to an activating group) is 2. The fourth-order valence-corrected chi connectivity index (χ4v) is 3.18. The van der Waals surface area contributed by atoms with E-state index in [0.717, 1.165) is 12.0 Å². The first-order valence-corrected chi connectivity index (χ1v) is 8.37. The molecule has 114 valence electrons. The number of hydrogen-bond acceptors (Lipinski definition) is 3. The monoisotopic (exact) mass is 298 g/mol. The van der Waals surface area contributed by atoms with Crippen molar-refractivity contribution >= 4 is 10.0 Å². The van der Waals surface area contributed by atoms with E-state index >= 15 is 0 Å². The average molecular weight is 298 g/mol. The molecule has 1 rings (SSSR count). The molecule has 0 spiro atoms. The van der Waals surface area contributed by atoms with Crippen molar-refractivity contribution in [1.82, 2.24) is 9.21 Å². The summed E-state index contributed by atoms with van der Waals surface area (Å²) in [5.41, 5.74) is 1.07. The second-order valence-electron chi connectivity index (χ2n) is 5.88. The smallest absolute Gasteiger partial charge is 0.242 e. The molecular weight excluding hydrogens is 272 g/mol. The predicted molar refractivity (Wildman–Crippen MR) is 83.4 cm³/mol. The highest BCUT2D eigenvalue weighted by Crippen LogP contribution is 2.17. The van der Waals surface area contributed by atoms with Gasteiger partial charge in [-0.1, -0.05) is 26.0 Å². The van der Waals surface area contributed by atoms with Crippen molar-refractivity contribution < 1.29 is 8.42 Å². The molecule has 5 heteroatoms. The van der Waals surface area contributed by atoms with Crippen molar-refractivity contribution in [3.8, 4) is 0 Å². The van der Waals surface area contributed by atoms with Crippen molar-refractivity contribution in [2.75, 3.05) is 34.2 Å². The zero-order valence-electron chi connectivity index (χ0n) is 13.1. The Hall–Kier alpha value is -0.910. The summed E-state index contributed by atoms with van der Waals surface area (Å²) in [4.78, 5) is 2.36. The summed E-state index contributed by atoms with van der Waals surface area (Å²) in [6.07, 6.45) is 0.894. The van der Waals surface area contributed by atoms with Gasteiger partial charge in [0.1, 0.15) is 0 Å². The van der Waals surface area contributed by atoms with Crippen LogP contribution in [-0.4, -0.2) is 51.9 Å². The average Bonchev–Trinajstić information content (AvgIpc) is 2.35. The third-order valence-electron chi connectivity index (χ3n) is 3.11. The second-order valence-corrected chi connectivity index (χ2v) is 7.92. The van der Waals surface area contributed by atoms with E-state index in [2.05, 4.69) is 13.8 Å². The van der Waals surface area contributed by atoms with Crippen LogP contribution in [0.5, 0.6) is 0 Å². The van der Waals surface area contributed by atoms with Gasteiger partial charge in [0.05, 0.1) is 4.90 Å². The molecule has 0 aromatic heterocycles. The van der Waals surface area contributed by atoms with Crippen LogP contribution in [0.1, 0.15) is 19.4 Å². The zero-order chi connectivity index (χ0) is 15.3. The molecule has 0 radical (unpaired) electrons. The summed E-state index contributed by atoms with van der Waals surface area (Å²) < 4.78 is 26.4. The first-order valence-electron chi connectivity index (χ1n) is 6.93. The summed E-state index contributed by atoms with van der Waals surface area (Å²) in [6, 6.07) is 7.27. The maximum atomic E-state index is 12.5. The lowest BCUT2D eigenvalue weighted by molar-refractivity contribution is 0.358. The predicted octanol–water partition coefficient (Wildman–Crippen LogP) is 2.07. The second kappa shape index (κ2) is 7.20. The lowest BCUT2D eigenvalue weighted by Crippen LogP contribution is -2.33. The molecule has 0 aliphatic rings. The molecule has 0 heterocycles. The van der Waals surface area contributed by atoms with Gasteiger partial charge in [0.15, 0.2) is 0 Å². The SMILES string of the molecule is CC(C)Cc1cccc(S(=O)(=O)N(C)CCN(C)C)c1. The fourth-order valence-electron chi connectivity index (χ4n) is 1.95. The highest BCUT2D eigenvalue weighted by molar-refractivity contribution is 7.89. The van der Waals surface area contributed by atoms with Gasteiger partial charge in [-0.05, 0) is 44.1 Å². The van der Waals surface area contributed by atoms with Gasteiger partial charge in [0.2, 0.25) is 10.0 Å². The maximum Gasteiger partial charge on any atom is 0.242 e. The number of hydrogen-bond donors (Lipinski definition) is 0. The van der Waals surface area contributed by atoms with Crippen molar-refractivity contribution in [2.24, 2.45) is 5.92 Å². The topological polar surface area (TPSA) is 40.6 Å². The van der Waals surface area contributed by atoms with E-state index in [1.54, 1.807) is 19.2 Å². The molecule has 0 N–H and O–H groups in total. The normalized spacial score (nSPS) is 12.6. The third-order valence-corrected chi connectivity index (χ3v) is 4.97. The van der Waals surface area contributed by atoms with Gasteiger partial charge in [-0.3, -0.25) is 0 Å². The lowest BCUT2D eigenvalue weighted by Gasteiger charge is -2.20. The van der Waals surface area contributed by atoms with E-state index in [9.17, 15) is 8.42 Å². The summed E-state index contributed by atoms with van der Waals surface area (Å²) in [7, 11) is 2.12. The molecule has 0 unspecified atom stereocenters. The van der Waals surface area contributed by atoms with E-state index in [-0.39, 0.29) is 0 Å². The minimum absolute atomic E-state index is 0.386. The van der Waals surface area contributed by atoms with Gasteiger partial charge >= 0.3 is 0 Å². The van der Waals surface area contributed by atoms with Gasteiger partial charge in [0.25, 0.3) is 0 Å². The van der Waals surface area contributed by atoms with E-state index in [1.807, 2.05) is 31.1 Å². The molecule has 0 aliphatic carbocycles. The Morgan fingerprint density at radius 2 is 1.75 bits per heavy atom. The van der Waals surface area contributed by atoms with Gasteiger partial charge in [0, 0.05) is 20.1 Å². The first-order chi connectivity index (χ1) is 9.23. The van der Waals surface area contributed by atoms with Crippen molar-refractivity contribution in [3.63, 3.8) is 0 Å². The van der Waals surface area contributed by atoms with Crippen LogP contribution in [0.2, 0.25) is 0 Å². The molecule has 0 aliphatic heterocycles. The van der Waals surface area contributed by atoms with Crippen LogP contribution in [-0.2, 0) is 16.4 Å². The molecule has 0 bridgehead atoms. The Kier molecular flexibility index (Phi) is 6.17. The minimum atomic E-state index is -3.39. The summed E-state index contributed by atoms with van der Waals surface area (Å²) in [6.45, 7) is 5.46. The molecule has 0 saturated heterocycles. The van der Waals surface area contributed by atoms with Crippen molar-refractivity contribution in [3.05, 3.63) is 29.8 Å². The van der Waals surface area contributed by atoms with Gasteiger partial charge < -0.3 is 4.90 Å². The van der Waals surface area contributed by atoms with Gasteiger partial charge in [-0.2, -0.15) is 4.31 Å². The Morgan fingerprint density at radius 1 is 1.10 bits per heavy atom. The number of sulfonamides is 1. The van der Waals surface area contributed by atoms with Crippen LogP contribution in [0.25, 0.3) is 0 Å². The Balaban J connectivity index is 2.91. The van der Waals surface area contributed by atoms with Crippen LogP contribution in [0.15, 0.2) is 29.2 Å². The van der Waals surface area contributed by atoms with E-state index in [1.165, 1.54) is 4.31 Å². The standard InChI is InChI=1S/C15H26N2O2S/c1-13(2)11-14-7-6-8-15(12-14)20(18,19)17(5)10-9-16(3)4/h6-8,12-13H,9-11H2,1-5H3. The van der Waals surface area contributed by atoms with Crippen LogP contribution in [0.4, 0.5) is 0 Å². The Labute approximate surface area is 123 Å². The number of benzene rings is 1. The van der Waals surface area contributed by atoms with E-state index in [4.69, 9.17) is 0 Å². The molecule has 4 nitrogen and oxygen atoms in total. The molecule has 1 aromatic carbocycles. The third kappa shape index (κ3) is 4.89. The summed E-state index contributed by atoms with van der Waals surface area (Å²) >= 11 is 0. The minimum Gasteiger partial charge on any atom is -0.308 e. The Morgan fingerprint density at radius 3 is 2.30 bits per heavy atom. The quantitative estimate of drug-likeness (QED) is 0.774. The molecule has 1 aromatic rings. The zero-order valence-corrected chi connectivity index (χ0v) is 13.9. The highest BCUT2D eigenvalue weighted by atomic mass is 32.2. The van der Waals surface area contributed by atoms with Gasteiger partial charge in [-0.15, -0.1) is 0 Å². The molecular formula is C15H26N2O2S. The van der Waals surface area contributed by atoms with E-state index < -0.39 is 10.0 Å². The van der Waals surface area contributed by atoms with Crippen LogP contribution < -0.4 is 0 Å². The van der Waals surface area contributed by atoms with Gasteiger partial charge in [-0.25, -0.2) is 8.42 Å². The number of nitrogens with zero attached hydrogens (tertiary/aromatic N) is 2. The van der Waals surface area contributed by atoms with Crippen molar-refractivity contribution in [2.45, 2.75) is 25.2 Å². The highest BCUT2D eigenvalue weighted by Gasteiger charge is 2.20. The van der Waals surface area contributed by atoms with Crippen LogP contribution >= 0.6 is 0 Å². The van der Waals surface area contributed by atoms with Crippen molar-refractivity contribution in [1.29, 1.82) is 0 Å². The molecule has 20 heavy (non-hydrogen) atoms. The van der Waals surface area contributed by atoms with E-state index in [0.29, 0.717) is 23.9 Å². The lowest BCUT2D eigenvalue weighted by atomic mass is 10.0. The molecule has 0 fully saturated rings. The fraction of sp³-hybridized carbons (Fsp3) is 0.600. The largest absolute Gasteiger partial charge is 0.308 e. The summed E-state index contributed by atoms with van der Waals surface area (Å²) in [5.74, 6) is 0.513. The Bertz CT molecular complexity index is 524. The first kappa shape index (κ1) is 17.1. The number of rotatable bonds is 7. The summed E-state index contributed by atoms with van der Waals surface area (Å²) in [5, 5.41) is 0. The van der Waals surface area contributed by atoms with Crippen LogP contribution in [0.3, 0.4) is 0 Å². The molecule has 0 atom stereocenters. The van der Waals surface area contributed by atoms with Crippen LogP contribution in [0, 0.1) is 5.92 Å².